The number of benzene rings is 2. The first kappa shape index (κ1) is 20.5. The third-order valence-electron chi connectivity index (χ3n) is 5.95. The third kappa shape index (κ3) is 4.54. The molecule has 0 aliphatic carbocycles. The molecule has 2 heterocycles. The molecule has 2 aromatic carbocycles. The van der Waals surface area contributed by atoms with Crippen LogP contribution >= 0.6 is 0 Å². The lowest BCUT2D eigenvalue weighted by Crippen LogP contribution is -2.44. The highest BCUT2D eigenvalue weighted by molar-refractivity contribution is 5.81. The predicted molar refractivity (Wildman–Crippen MR) is 115 cm³/mol. The number of fused-ring (bicyclic) bond motifs is 1. The number of nitrogens with zero attached hydrogens (tertiary/aromatic N) is 1. The van der Waals surface area contributed by atoms with Crippen LogP contribution in [0.5, 0.6) is 17.2 Å². The van der Waals surface area contributed by atoms with E-state index in [0.717, 1.165) is 48.6 Å². The number of amides is 1. The van der Waals surface area contributed by atoms with Crippen molar-refractivity contribution in [2.45, 2.75) is 44.8 Å². The number of nitrogens with one attached hydrogen (secondary N) is 1. The second kappa shape index (κ2) is 9.39. The van der Waals surface area contributed by atoms with Crippen LogP contribution in [-0.4, -0.2) is 43.7 Å². The van der Waals surface area contributed by atoms with Gasteiger partial charge in [0.1, 0.15) is 5.75 Å². The molecule has 2 atom stereocenters. The third-order valence-corrected chi connectivity index (χ3v) is 5.95. The van der Waals surface area contributed by atoms with Crippen molar-refractivity contribution < 1.29 is 19.0 Å². The van der Waals surface area contributed by atoms with Crippen molar-refractivity contribution >= 4 is 5.91 Å². The van der Waals surface area contributed by atoms with Crippen LogP contribution in [0.1, 0.15) is 43.4 Å². The lowest BCUT2D eigenvalue weighted by molar-refractivity contribution is -0.126. The van der Waals surface area contributed by atoms with Gasteiger partial charge >= 0.3 is 0 Å². The van der Waals surface area contributed by atoms with E-state index in [0.29, 0.717) is 19.8 Å². The van der Waals surface area contributed by atoms with Gasteiger partial charge in [0.25, 0.3) is 0 Å². The first-order chi connectivity index (χ1) is 14.7. The highest BCUT2D eigenvalue weighted by atomic mass is 16.5. The molecule has 6 nitrogen and oxygen atoms in total. The number of hydrogen-bond donors (Lipinski definition) is 1. The summed E-state index contributed by atoms with van der Waals surface area (Å²) in [6.45, 7) is 4.78. The number of ether oxygens (including phenoxy) is 3. The molecule has 2 aromatic rings. The Kier molecular flexibility index (Phi) is 6.43. The summed E-state index contributed by atoms with van der Waals surface area (Å²) in [6.07, 6.45) is 3.01. The molecule has 1 fully saturated rings. The standard InChI is InChI=1S/C24H30N2O4/c1-17(24(27)25-16-18-6-9-20(28-2)10-7-18)26-12-3-5-21(26)19-8-11-22-23(15-19)30-14-4-13-29-22/h6-11,15,17,21H,3-5,12-14,16H2,1-2H3,(H,25,27)/t17-,21+/m0/s1. The fourth-order valence-corrected chi connectivity index (χ4v) is 4.23. The first-order valence-corrected chi connectivity index (χ1v) is 10.7. The van der Waals surface area contributed by atoms with E-state index in [1.807, 2.05) is 37.3 Å². The molecule has 0 unspecified atom stereocenters. The largest absolute Gasteiger partial charge is 0.497 e. The molecule has 2 aliphatic rings. The normalized spacial score (nSPS) is 19.7. The van der Waals surface area contributed by atoms with Crippen molar-refractivity contribution in [2.75, 3.05) is 26.9 Å². The number of carbonyl (C=O) groups excluding carboxylic acids is 1. The summed E-state index contributed by atoms with van der Waals surface area (Å²) >= 11 is 0. The molecule has 2 aliphatic heterocycles. The predicted octanol–water partition coefficient (Wildman–Crippen LogP) is 3.70. The fraction of sp³-hybridized carbons (Fsp3) is 0.458. The highest BCUT2D eigenvalue weighted by Crippen LogP contribution is 2.38. The van der Waals surface area contributed by atoms with Gasteiger partial charge in [0.05, 0.1) is 26.4 Å². The summed E-state index contributed by atoms with van der Waals surface area (Å²) in [5, 5.41) is 3.08. The van der Waals surface area contributed by atoms with Crippen molar-refractivity contribution in [1.82, 2.24) is 10.2 Å². The van der Waals surface area contributed by atoms with Gasteiger partial charge in [-0.3, -0.25) is 9.69 Å². The van der Waals surface area contributed by atoms with E-state index in [1.54, 1.807) is 7.11 Å². The van der Waals surface area contributed by atoms with Gasteiger partial charge in [-0.1, -0.05) is 18.2 Å². The van der Waals surface area contributed by atoms with Crippen LogP contribution in [0.2, 0.25) is 0 Å². The van der Waals surface area contributed by atoms with Crippen molar-refractivity contribution in [3.8, 4) is 17.2 Å². The van der Waals surface area contributed by atoms with Gasteiger partial charge in [0.2, 0.25) is 5.91 Å². The zero-order valence-electron chi connectivity index (χ0n) is 17.7. The van der Waals surface area contributed by atoms with Crippen molar-refractivity contribution in [3.05, 3.63) is 53.6 Å². The number of rotatable bonds is 6. The molecule has 1 saturated heterocycles. The molecule has 0 bridgehead atoms. The molecule has 0 radical (unpaired) electrons. The van der Waals surface area contributed by atoms with Gasteiger partial charge in [-0.15, -0.1) is 0 Å². The van der Waals surface area contributed by atoms with Crippen LogP contribution < -0.4 is 19.5 Å². The molecule has 30 heavy (non-hydrogen) atoms. The Labute approximate surface area is 178 Å². The maximum atomic E-state index is 12.9. The van der Waals surface area contributed by atoms with Crippen LogP contribution in [0.25, 0.3) is 0 Å². The van der Waals surface area contributed by atoms with E-state index in [9.17, 15) is 4.79 Å². The van der Waals surface area contributed by atoms with Crippen LogP contribution in [0.4, 0.5) is 0 Å². The van der Waals surface area contributed by atoms with Gasteiger partial charge in [-0.2, -0.15) is 0 Å². The highest BCUT2D eigenvalue weighted by Gasteiger charge is 2.33. The lowest BCUT2D eigenvalue weighted by Gasteiger charge is -2.30. The van der Waals surface area contributed by atoms with Crippen molar-refractivity contribution in [1.29, 1.82) is 0 Å². The minimum Gasteiger partial charge on any atom is -0.497 e. The van der Waals surface area contributed by atoms with Gasteiger partial charge in [0.15, 0.2) is 11.5 Å². The molecule has 0 spiro atoms. The monoisotopic (exact) mass is 410 g/mol. The Morgan fingerprint density at radius 3 is 2.67 bits per heavy atom. The van der Waals surface area contributed by atoms with E-state index in [1.165, 1.54) is 5.56 Å². The van der Waals surface area contributed by atoms with E-state index in [-0.39, 0.29) is 18.0 Å². The number of likely N-dealkylation sites (tertiary alicyclic amines) is 1. The van der Waals surface area contributed by atoms with E-state index >= 15 is 0 Å². The Hall–Kier alpha value is -2.73. The van der Waals surface area contributed by atoms with Crippen molar-refractivity contribution in [2.24, 2.45) is 0 Å². The van der Waals surface area contributed by atoms with Gasteiger partial charge < -0.3 is 19.5 Å². The minimum absolute atomic E-state index is 0.0482. The Morgan fingerprint density at radius 2 is 1.90 bits per heavy atom. The molecule has 160 valence electrons. The summed E-state index contributed by atoms with van der Waals surface area (Å²) in [4.78, 5) is 15.2. The summed E-state index contributed by atoms with van der Waals surface area (Å²) < 4.78 is 16.8. The van der Waals surface area contributed by atoms with Crippen LogP contribution in [-0.2, 0) is 11.3 Å². The molecular formula is C24H30N2O4. The van der Waals surface area contributed by atoms with E-state index in [2.05, 4.69) is 22.3 Å². The first-order valence-electron chi connectivity index (χ1n) is 10.7. The number of carbonyl (C=O) groups is 1. The van der Waals surface area contributed by atoms with Gasteiger partial charge in [-0.25, -0.2) is 0 Å². The Balaban J connectivity index is 1.40. The van der Waals surface area contributed by atoms with E-state index in [4.69, 9.17) is 14.2 Å². The zero-order valence-corrected chi connectivity index (χ0v) is 17.7. The summed E-state index contributed by atoms with van der Waals surface area (Å²) in [5.74, 6) is 2.49. The van der Waals surface area contributed by atoms with E-state index < -0.39 is 0 Å². The summed E-state index contributed by atoms with van der Waals surface area (Å²) in [5.41, 5.74) is 2.24. The minimum atomic E-state index is -0.202. The maximum absolute atomic E-state index is 12.9. The second-order valence-electron chi connectivity index (χ2n) is 7.89. The molecule has 1 N–H and O–H groups in total. The quantitative estimate of drug-likeness (QED) is 0.787. The molecule has 6 heteroatoms. The van der Waals surface area contributed by atoms with Gasteiger partial charge in [0, 0.05) is 19.0 Å². The van der Waals surface area contributed by atoms with Crippen LogP contribution in [0, 0.1) is 0 Å². The van der Waals surface area contributed by atoms with Crippen LogP contribution in [0.15, 0.2) is 42.5 Å². The second-order valence-corrected chi connectivity index (χ2v) is 7.89. The average molecular weight is 411 g/mol. The van der Waals surface area contributed by atoms with Crippen molar-refractivity contribution in [3.63, 3.8) is 0 Å². The molecule has 1 amide bonds. The molecule has 0 saturated carbocycles. The SMILES string of the molecule is COc1ccc(CNC(=O)[C@H](C)N2CCC[C@@H]2c2ccc3c(c2)OCCCO3)cc1. The summed E-state index contributed by atoms with van der Waals surface area (Å²) in [6, 6.07) is 14.0. The van der Waals surface area contributed by atoms with Crippen LogP contribution in [0.3, 0.4) is 0 Å². The number of methoxy groups -OCH3 is 1. The summed E-state index contributed by atoms with van der Waals surface area (Å²) in [7, 11) is 1.65. The Morgan fingerprint density at radius 1 is 1.13 bits per heavy atom. The zero-order chi connectivity index (χ0) is 20.9. The molecular weight excluding hydrogens is 380 g/mol. The van der Waals surface area contributed by atoms with Gasteiger partial charge in [-0.05, 0) is 61.7 Å². The molecule has 4 rings (SSSR count). The molecule has 0 aromatic heterocycles. The fourth-order valence-electron chi connectivity index (χ4n) is 4.23. The smallest absolute Gasteiger partial charge is 0.237 e. The maximum Gasteiger partial charge on any atom is 0.237 e. The topological polar surface area (TPSA) is 60.0 Å². The average Bonchev–Trinajstić information content (AvgIpc) is 3.15. The Bertz CT molecular complexity index is 868. The lowest BCUT2D eigenvalue weighted by atomic mass is 10.0. The number of hydrogen-bond acceptors (Lipinski definition) is 5.